The third-order valence-corrected chi connectivity index (χ3v) is 2.06. The normalized spacial score (nSPS) is 11.7. The number of nitrogens with zero attached hydrogens (tertiary/aromatic N) is 3. The zero-order valence-electron chi connectivity index (χ0n) is 6.23. The van der Waals surface area contributed by atoms with E-state index in [4.69, 9.17) is 16.8 Å². The van der Waals surface area contributed by atoms with Crippen LogP contribution in [0.25, 0.3) is 0 Å². The largest absolute Gasteiger partial charge is 0.410 e. The van der Waals surface area contributed by atoms with Crippen molar-refractivity contribution in [2.75, 3.05) is 6.26 Å². The van der Waals surface area contributed by atoms with Crippen molar-refractivity contribution in [3.63, 3.8) is 0 Å². The lowest BCUT2D eigenvalue weighted by atomic mass is 10.6. The highest BCUT2D eigenvalue weighted by Crippen LogP contribution is 2.11. The summed E-state index contributed by atoms with van der Waals surface area (Å²) in [4.78, 5) is 8.66. The zero-order valence-corrected chi connectivity index (χ0v) is 7.80. The second kappa shape index (κ2) is 4.27. The van der Waals surface area contributed by atoms with Crippen LogP contribution in [0, 0.1) is 0 Å². The lowest BCUT2D eigenvalue weighted by Crippen LogP contribution is -1.98. The summed E-state index contributed by atoms with van der Waals surface area (Å²) in [5, 5.41) is 10.9. The van der Waals surface area contributed by atoms with E-state index in [2.05, 4.69) is 15.1 Å². The Morgan fingerprint density at radius 1 is 1.58 bits per heavy atom. The smallest absolute Gasteiger partial charge is 0.212 e. The van der Waals surface area contributed by atoms with E-state index in [0.717, 1.165) is 4.90 Å². The molecule has 6 heteroatoms. The van der Waals surface area contributed by atoms with Gasteiger partial charge in [-0.15, -0.1) is 11.8 Å². The molecule has 0 aliphatic rings. The fraction of sp³-hybridized carbons (Fsp3) is 0.167. The number of aromatic nitrogens is 2. The van der Waals surface area contributed by atoms with Gasteiger partial charge in [-0.2, -0.15) is 0 Å². The van der Waals surface area contributed by atoms with Gasteiger partial charge in [-0.1, -0.05) is 16.8 Å². The molecule has 0 saturated heterocycles. The molecular weight excluding hydrogens is 198 g/mol. The van der Waals surface area contributed by atoms with Crippen molar-refractivity contribution in [1.82, 2.24) is 9.97 Å². The van der Waals surface area contributed by atoms with Gasteiger partial charge in [0.2, 0.25) is 5.17 Å². The number of thioether (sulfide) groups is 1. The first-order valence-electron chi connectivity index (χ1n) is 3.02. The van der Waals surface area contributed by atoms with Crippen molar-refractivity contribution >= 4 is 28.5 Å². The van der Waals surface area contributed by atoms with Gasteiger partial charge < -0.3 is 5.21 Å². The fourth-order valence-electron chi connectivity index (χ4n) is 0.573. The highest BCUT2D eigenvalue weighted by atomic mass is 35.5. The predicted octanol–water partition coefficient (Wildman–Crippen LogP) is 1.57. The molecule has 0 aliphatic heterocycles. The molecule has 1 heterocycles. The maximum Gasteiger partial charge on any atom is 0.212 e. The molecule has 1 aromatic rings. The summed E-state index contributed by atoms with van der Waals surface area (Å²) in [5.74, 6) is 0.219. The highest BCUT2D eigenvalue weighted by Gasteiger charge is 2.02. The number of hydrogen-bond acceptors (Lipinski definition) is 5. The summed E-state index contributed by atoms with van der Waals surface area (Å²) in [7, 11) is 0. The van der Waals surface area contributed by atoms with Gasteiger partial charge in [-0.3, -0.25) is 0 Å². The summed E-state index contributed by atoms with van der Waals surface area (Å²) in [6, 6.07) is 0. The Kier molecular flexibility index (Phi) is 3.31. The van der Waals surface area contributed by atoms with Crippen LogP contribution in [0.3, 0.4) is 0 Å². The van der Waals surface area contributed by atoms with Crippen molar-refractivity contribution in [3.05, 3.63) is 18.2 Å². The van der Waals surface area contributed by atoms with Crippen LogP contribution in [0.4, 0.5) is 0 Å². The molecule has 0 atom stereocenters. The second-order valence-electron chi connectivity index (χ2n) is 1.84. The van der Waals surface area contributed by atoms with E-state index in [1.165, 1.54) is 11.8 Å². The first-order chi connectivity index (χ1) is 5.77. The molecule has 0 spiro atoms. The second-order valence-corrected chi connectivity index (χ2v) is 3.07. The van der Waals surface area contributed by atoms with E-state index in [1.807, 2.05) is 6.26 Å². The molecule has 1 N–H and O–H groups in total. The number of hydrogen-bond donors (Lipinski definition) is 1. The Hall–Kier alpha value is -0.810. The lowest BCUT2D eigenvalue weighted by molar-refractivity contribution is 0.320. The molecule has 1 rings (SSSR count). The Morgan fingerprint density at radius 2 is 2.17 bits per heavy atom. The van der Waals surface area contributed by atoms with Gasteiger partial charge in [-0.25, -0.2) is 9.97 Å². The Labute approximate surface area is 78.7 Å². The molecule has 0 bridgehead atoms. The molecule has 1 aromatic heterocycles. The van der Waals surface area contributed by atoms with Gasteiger partial charge in [0.05, 0.1) is 0 Å². The van der Waals surface area contributed by atoms with Gasteiger partial charge in [0.25, 0.3) is 0 Å². The van der Waals surface area contributed by atoms with Gasteiger partial charge >= 0.3 is 0 Å². The Morgan fingerprint density at radius 3 is 2.58 bits per heavy atom. The van der Waals surface area contributed by atoms with Crippen LogP contribution in [-0.2, 0) is 0 Å². The van der Waals surface area contributed by atoms with Crippen molar-refractivity contribution in [2.24, 2.45) is 5.16 Å². The molecule has 4 nitrogen and oxygen atoms in total. The Bertz CT molecular complexity index is 287. The standard InChI is InChI=1S/C6H6ClN3OS/c1-12-4-2-8-6(9-3-4)5(7)10-11/h2-3,11H,1H3/b10-5+. The molecule has 0 fully saturated rings. The van der Waals surface area contributed by atoms with Crippen LogP contribution in [0.2, 0.25) is 0 Å². The van der Waals surface area contributed by atoms with Crippen molar-refractivity contribution < 1.29 is 5.21 Å². The van der Waals surface area contributed by atoms with Gasteiger partial charge in [0.1, 0.15) is 0 Å². The van der Waals surface area contributed by atoms with Crippen molar-refractivity contribution in [2.45, 2.75) is 4.90 Å². The van der Waals surface area contributed by atoms with Crippen LogP contribution >= 0.6 is 23.4 Å². The molecule has 0 aromatic carbocycles. The van der Waals surface area contributed by atoms with Crippen molar-refractivity contribution in [1.29, 1.82) is 0 Å². The SMILES string of the molecule is CSc1cnc(/C(Cl)=N\O)nc1. The highest BCUT2D eigenvalue weighted by molar-refractivity contribution is 7.98. The molecule has 0 amide bonds. The van der Waals surface area contributed by atoms with Crippen LogP contribution in [0.5, 0.6) is 0 Å². The van der Waals surface area contributed by atoms with E-state index in [-0.39, 0.29) is 11.0 Å². The zero-order chi connectivity index (χ0) is 8.97. The molecule has 64 valence electrons. The van der Waals surface area contributed by atoms with E-state index in [0.29, 0.717) is 0 Å². The third-order valence-electron chi connectivity index (χ3n) is 1.14. The average Bonchev–Trinajstić information content (AvgIpc) is 2.17. The van der Waals surface area contributed by atoms with Gasteiger partial charge in [-0.05, 0) is 6.26 Å². The van der Waals surface area contributed by atoms with Crippen LogP contribution in [-0.4, -0.2) is 26.6 Å². The molecule has 12 heavy (non-hydrogen) atoms. The molecule has 0 unspecified atom stereocenters. The summed E-state index contributed by atoms with van der Waals surface area (Å²) < 4.78 is 0. The quantitative estimate of drug-likeness (QED) is 0.343. The molecular formula is C6H6ClN3OS. The summed E-state index contributed by atoms with van der Waals surface area (Å²) in [6.45, 7) is 0. The maximum atomic E-state index is 8.29. The molecule has 0 radical (unpaired) electrons. The minimum atomic E-state index is -0.109. The Balaban J connectivity index is 2.92. The first kappa shape index (κ1) is 9.28. The topological polar surface area (TPSA) is 58.4 Å². The average molecular weight is 204 g/mol. The summed E-state index contributed by atoms with van der Waals surface area (Å²) in [5.41, 5.74) is 0. The van der Waals surface area contributed by atoms with E-state index >= 15 is 0 Å². The number of oxime groups is 1. The molecule has 0 saturated carbocycles. The van der Waals surface area contributed by atoms with Gasteiger partial charge in [0.15, 0.2) is 5.82 Å². The minimum Gasteiger partial charge on any atom is -0.410 e. The van der Waals surface area contributed by atoms with E-state index in [1.54, 1.807) is 12.4 Å². The predicted molar refractivity (Wildman–Crippen MR) is 48.0 cm³/mol. The van der Waals surface area contributed by atoms with Gasteiger partial charge in [0, 0.05) is 17.3 Å². The minimum absolute atomic E-state index is 0.109. The number of rotatable bonds is 2. The van der Waals surface area contributed by atoms with Crippen LogP contribution < -0.4 is 0 Å². The fourth-order valence-corrected chi connectivity index (χ4v) is 0.987. The summed E-state index contributed by atoms with van der Waals surface area (Å²) in [6.07, 6.45) is 5.14. The number of halogens is 1. The third kappa shape index (κ3) is 2.09. The van der Waals surface area contributed by atoms with E-state index < -0.39 is 0 Å². The first-order valence-corrected chi connectivity index (χ1v) is 4.62. The molecule has 0 aliphatic carbocycles. The summed E-state index contributed by atoms with van der Waals surface area (Å²) >= 11 is 6.98. The monoisotopic (exact) mass is 203 g/mol. The lowest BCUT2D eigenvalue weighted by Gasteiger charge is -1.95. The van der Waals surface area contributed by atoms with E-state index in [9.17, 15) is 0 Å². The van der Waals surface area contributed by atoms with Crippen LogP contribution in [0.15, 0.2) is 22.4 Å². The van der Waals surface area contributed by atoms with Crippen molar-refractivity contribution in [3.8, 4) is 0 Å². The maximum absolute atomic E-state index is 8.29. The van der Waals surface area contributed by atoms with Crippen LogP contribution in [0.1, 0.15) is 5.82 Å².